The van der Waals surface area contributed by atoms with Crippen LogP contribution < -0.4 is 9.47 Å². The van der Waals surface area contributed by atoms with Gasteiger partial charge in [0.05, 0.1) is 24.5 Å². The van der Waals surface area contributed by atoms with Gasteiger partial charge in [0.15, 0.2) is 23.7 Å². The Morgan fingerprint density at radius 2 is 1.93 bits per heavy atom. The van der Waals surface area contributed by atoms with Gasteiger partial charge < -0.3 is 38.4 Å². The van der Waals surface area contributed by atoms with E-state index >= 15 is 0 Å². The number of benzene rings is 2. The Morgan fingerprint density at radius 3 is 2.64 bits per heavy atom. The molecule has 0 aromatic heterocycles. The molecule has 2 fully saturated rings. The summed E-state index contributed by atoms with van der Waals surface area (Å²) in [5.41, 5.74) is 0.346. The van der Waals surface area contributed by atoms with Crippen molar-refractivity contribution < 1.29 is 47.9 Å². The predicted octanol–water partition coefficient (Wildman–Crippen LogP) is 2.87. The third-order valence-corrected chi connectivity index (χ3v) is 9.73. The fourth-order valence-corrected chi connectivity index (χ4v) is 7.82. The second kappa shape index (κ2) is 10.0. The quantitative estimate of drug-likeness (QED) is 0.369. The molecule has 11 heteroatoms. The van der Waals surface area contributed by atoms with Gasteiger partial charge in [0.2, 0.25) is 11.9 Å². The zero-order valence-electron chi connectivity index (χ0n) is 25.0. The van der Waals surface area contributed by atoms with Crippen LogP contribution >= 0.6 is 0 Å². The highest BCUT2D eigenvalue weighted by Gasteiger charge is 2.72. The summed E-state index contributed by atoms with van der Waals surface area (Å²) in [6.07, 6.45) is -0.633. The molecule has 5 aliphatic rings. The second-order valence-electron chi connectivity index (χ2n) is 12.6. The summed E-state index contributed by atoms with van der Waals surface area (Å²) in [5, 5.41) is 12.4. The van der Waals surface area contributed by atoms with Crippen molar-refractivity contribution in [2.75, 3.05) is 20.7 Å². The maximum absolute atomic E-state index is 13.9. The maximum Gasteiger partial charge on any atom is 0.357 e. The molecule has 0 saturated carbocycles. The molecular weight excluding hydrogens is 570 g/mol. The van der Waals surface area contributed by atoms with E-state index < -0.39 is 59.4 Å². The fraction of sp³-hybridized carbons (Fsp3) is 0.485. The van der Waals surface area contributed by atoms with Crippen LogP contribution in [0.1, 0.15) is 55.9 Å². The highest BCUT2D eigenvalue weighted by molar-refractivity contribution is 5.85. The number of rotatable bonds is 7. The van der Waals surface area contributed by atoms with Gasteiger partial charge in [0, 0.05) is 37.4 Å². The standard InChI is InChI=1S/C33H35NO10/c1-31(2)43-22(29(36)44-31)17-24(35)41-26(18-8-6-5-7-9-18)30(37)40-21-12-13-33(38)23-16-19-10-11-20(39-4)27-25(19)32(33,28(21)42-27)14-15-34(23)3/h5-12,22-23,26,28,38H,13-17H2,1-4H3/t22-,23-,26-,28-,32-,33+/m0/s1. The molecule has 11 nitrogen and oxygen atoms in total. The molecular formula is C33H35NO10. The molecule has 0 amide bonds. The minimum atomic E-state index is -1.43. The average Bonchev–Trinajstić information content (AvgIpc) is 3.47. The molecule has 0 radical (unpaired) electrons. The van der Waals surface area contributed by atoms with Crippen LogP contribution in [-0.2, 0) is 45.2 Å². The number of ether oxygens (including phenoxy) is 6. The largest absolute Gasteiger partial charge is 0.493 e. The van der Waals surface area contributed by atoms with E-state index in [2.05, 4.69) is 4.90 Å². The Labute approximate surface area is 254 Å². The first-order chi connectivity index (χ1) is 21.0. The first kappa shape index (κ1) is 28.8. The molecule has 0 unspecified atom stereocenters. The van der Waals surface area contributed by atoms with Gasteiger partial charge in [-0.05, 0) is 44.1 Å². The van der Waals surface area contributed by atoms with Crippen molar-refractivity contribution in [2.45, 2.75) is 80.7 Å². The Balaban J connectivity index is 1.20. The lowest BCUT2D eigenvalue weighted by atomic mass is 9.50. The van der Waals surface area contributed by atoms with Crippen molar-refractivity contribution in [3.63, 3.8) is 0 Å². The van der Waals surface area contributed by atoms with Gasteiger partial charge in [-0.15, -0.1) is 0 Å². The highest BCUT2D eigenvalue weighted by atomic mass is 16.8. The van der Waals surface area contributed by atoms with E-state index in [1.54, 1.807) is 57.4 Å². The summed E-state index contributed by atoms with van der Waals surface area (Å²) in [6, 6.07) is 12.2. The number of esters is 3. The van der Waals surface area contributed by atoms with E-state index in [4.69, 9.17) is 28.4 Å². The number of likely N-dealkylation sites (tertiary alicyclic amines) is 1. The monoisotopic (exact) mass is 605 g/mol. The van der Waals surface area contributed by atoms with E-state index in [1.807, 2.05) is 19.2 Å². The van der Waals surface area contributed by atoms with Crippen LogP contribution in [0, 0.1) is 0 Å². The normalized spacial score (nSPS) is 31.6. The summed E-state index contributed by atoms with van der Waals surface area (Å²) < 4.78 is 34.6. The average molecular weight is 606 g/mol. The number of hydrogen-bond donors (Lipinski definition) is 1. The molecule has 44 heavy (non-hydrogen) atoms. The summed E-state index contributed by atoms with van der Waals surface area (Å²) in [6.45, 7) is 3.86. The zero-order chi connectivity index (χ0) is 31.0. The molecule has 3 heterocycles. The minimum Gasteiger partial charge on any atom is -0.493 e. The summed E-state index contributed by atoms with van der Waals surface area (Å²) in [7, 11) is 3.59. The summed E-state index contributed by atoms with van der Waals surface area (Å²) in [5.74, 6) is -2.16. The van der Waals surface area contributed by atoms with Gasteiger partial charge in [-0.2, -0.15) is 0 Å². The maximum atomic E-state index is 13.9. The summed E-state index contributed by atoms with van der Waals surface area (Å²) >= 11 is 0. The van der Waals surface area contributed by atoms with E-state index in [-0.39, 0.29) is 18.2 Å². The minimum absolute atomic E-state index is 0.157. The lowest BCUT2D eigenvalue weighted by Gasteiger charge is -2.61. The Morgan fingerprint density at radius 1 is 1.16 bits per heavy atom. The third-order valence-electron chi connectivity index (χ3n) is 9.73. The molecule has 232 valence electrons. The number of piperidine rings is 1. The van der Waals surface area contributed by atoms with E-state index in [0.29, 0.717) is 29.9 Å². The van der Waals surface area contributed by atoms with E-state index in [0.717, 1.165) is 17.7 Å². The van der Waals surface area contributed by atoms with Crippen LogP contribution in [0.4, 0.5) is 0 Å². The Bertz CT molecular complexity index is 1570. The number of aliphatic hydroxyl groups is 1. The van der Waals surface area contributed by atoms with Gasteiger partial charge in [-0.1, -0.05) is 36.4 Å². The lowest BCUT2D eigenvalue weighted by Crippen LogP contribution is -2.74. The number of carbonyl (C=O) groups is 3. The van der Waals surface area contributed by atoms with Gasteiger partial charge >= 0.3 is 17.9 Å². The molecule has 2 aromatic rings. The topological polar surface area (TPSA) is 130 Å². The smallest absolute Gasteiger partial charge is 0.357 e. The predicted molar refractivity (Wildman–Crippen MR) is 153 cm³/mol. The van der Waals surface area contributed by atoms with Crippen molar-refractivity contribution in [1.29, 1.82) is 0 Å². The van der Waals surface area contributed by atoms with Crippen molar-refractivity contribution >= 4 is 17.9 Å². The molecule has 3 aliphatic heterocycles. The second-order valence-corrected chi connectivity index (χ2v) is 12.6. The Hall–Kier alpha value is -3.93. The first-order valence-corrected chi connectivity index (χ1v) is 14.8. The molecule has 2 saturated heterocycles. The van der Waals surface area contributed by atoms with Crippen molar-refractivity contribution in [3.8, 4) is 11.5 Å². The number of hydrogen-bond acceptors (Lipinski definition) is 11. The molecule has 2 aliphatic carbocycles. The van der Waals surface area contributed by atoms with E-state index in [9.17, 15) is 19.5 Å². The van der Waals surface area contributed by atoms with Crippen LogP contribution in [0.3, 0.4) is 0 Å². The van der Waals surface area contributed by atoms with Crippen molar-refractivity contribution in [2.24, 2.45) is 0 Å². The van der Waals surface area contributed by atoms with Crippen molar-refractivity contribution in [3.05, 3.63) is 71.0 Å². The van der Waals surface area contributed by atoms with Gasteiger partial charge in [-0.3, -0.25) is 4.79 Å². The zero-order valence-corrected chi connectivity index (χ0v) is 25.0. The van der Waals surface area contributed by atoms with Crippen molar-refractivity contribution in [1.82, 2.24) is 4.90 Å². The number of carbonyl (C=O) groups excluding carboxylic acids is 3. The molecule has 2 bridgehead atoms. The molecule has 1 N–H and O–H groups in total. The number of nitrogens with zero attached hydrogens (tertiary/aromatic N) is 1. The summed E-state index contributed by atoms with van der Waals surface area (Å²) in [4.78, 5) is 41.3. The number of methoxy groups -OCH3 is 1. The van der Waals surface area contributed by atoms with Crippen LogP contribution in [0.15, 0.2) is 54.3 Å². The fourth-order valence-electron chi connectivity index (χ4n) is 7.82. The SMILES string of the molecule is COc1ccc2c3c1O[C@H]1C(OC(=O)[C@@H](OC(=O)C[C@@H]4OC(C)(C)OC4=O)c4ccccc4)=CC[C@@]4(O)[C@H](C2)N(C)CC[C@]314. The first-order valence-electron chi connectivity index (χ1n) is 14.8. The van der Waals surface area contributed by atoms with Crippen LogP contribution in [0.5, 0.6) is 11.5 Å². The number of cyclic esters (lactones) is 1. The molecule has 6 atom stereocenters. The number of likely N-dealkylation sites (N-methyl/N-ethyl adjacent to an activating group) is 1. The highest BCUT2D eigenvalue weighted by Crippen LogP contribution is 2.65. The Kier molecular flexibility index (Phi) is 6.58. The van der Waals surface area contributed by atoms with Crippen LogP contribution in [0.25, 0.3) is 0 Å². The third kappa shape index (κ3) is 4.17. The lowest BCUT2D eigenvalue weighted by molar-refractivity contribution is -0.178. The van der Waals surface area contributed by atoms with Crippen LogP contribution in [0.2, 0.25) is 0 Å². The molecule has 2 aromatic carbocycles. The van der Waals surface area contributed by atoms with E-state index in [1.165, 1.54) is 0 Å². The van der Waals surface area contributed by atoms with Gasteiger partial charge in [0.1, 0.15) is 5.76 Å². The van der Waals surface area contributed by atoms with Gasteiger partial charge in [-0.25, -0.2) is 9.59 Å². The van der Waals surface area contributed by atoms with Gasteiger partial charge in [0.25, 0.3) is 0 Å². The molecule has 7 rings (SSSR count). The molecule has 1 spiro atoms. The van der Waals surface area contributed by atoms with Crippen LogP contribution in [-0.4, -0.2) is 78.3 Å².